The van der Waals surface area contributed by atoms with Crippen molar-refractivity contribution >= 4 is 17.4 Å². The van der Waals surface area contributed by atoms with Gasteiger partial charge in [0.25, 0.3) is 0 Å². The first-order valence-electron chi connectivity index (χ1n) is 6.19. The lowest BCUT2D eigenvalue weighted by Crippen LogP contribution is -2.29. The van der Waals surface area contributed by atoms with Crippen LogP contribution < -0.4 is 5.73 Å². The number of benzene rings is 1. The third-order valence-corrected chi connectivity index (χ3v) is 3.65. The van der Waals surface area contributed by atoms with E-state index in [1.54, 1.807) is 6.07 Å². The van der Waals surface area contributed by atoms with Crippen molar-refractivity contribution in [3.05, 3.63) is 34.3 Å². The summed E-state index contributed by atoms with van der Waals surface area (Å²) in [6, 6.07) is 5.53. The highest BCUT2D eigenvalue weighted by atomic mass is 35.5. The minimum atomic E-state index is 0.0847. The first-order chi connectivity index (χ1) is 8.70. The van der Waals surface area contributed by atoms with Crippen LogP contribution in [0.1, 0.15) is 30.4 Å². The Morgan fingerprint density at radius 2 is 2.06 bits per heavy atom. The summed E-state index contributed by atoms with van der Waals surface area (Å²) in [6.07, 6.45) is 3.85. The van der Waals surface area contributed by atoms with Gasteiger partial charge in [-0.1, -0.05) is 35.3 Å². The van der Waals surface area contributed by atoms with Gasteiger partial charge < -0.3 is 10.9 Å². The number of halogens is 1. The number of nitrogens with zero attached hydrogens (tertiary/aromatic N) is 2. The van der Waals surface area contributed by atoms with Crippen molar-refractivity contribution in [1.82, 2.24) is 4.90 Å². The predicted molar refractivity (Wildman–Crippen MR) is 73.1 cm³/mol. The normalized spacial score (nSPS) is 17.9. The van der Waals surface area contributed by atoms with Crippen LogP contribution in [-0.4, -0.2) is 29.0 Å². The number of likely N-dealkylation sites (tertiary alicyclic amines) is 1. The Bertz CT molecular complexity index is 442. The zero-order valence-electron chi connectivity index (χ0n) is 10.3. The summed E-state index contributed by atoms with van der Waals surface area (Å²) in [5.41, 5.74) is 7.26. The van der Waals surface area contributed by atoms with Crippen molar-refractivity contribution in [3.8, 4) is 0 Å². The van der Waals surface area contributed by atoms with E-state index in [-0.39, 0.29) is 5.84 Å². The molecule has 1 aliphatic heterocycles. The number of amidine groups is 1. The molecule has 0 radical (unpaired) electrons. The van der Waals surface area contributed by atoms with Crippen LogP contribution in [0, 0.1) is 0 Å². The molecule has 98 valence electrons. The van der Waals surface area contributed by atoms with E-state index in [2.05, 4.69) is 10.1 Å². The maximum atomic E-state index is 8.62. The molecule has 1 fully saturated rings. The summed E-state index contributed by atoms with van der Waals surface area (Å²) in [6.45, 7) is 3.14. The van der Waals surface area contributed by atoms with Crippen molar-refractivity contribution in [2.24, 2.45) is 10.9 Å². The standard InChI is InChI=1S/C13H18ClN3O/c14-12-8-10(13(15)16-18)4-5-11(12)9-17-6-2-1-3-7-17/h4-5,8,18H,1-3,6-7,9H2,(H2,15,16). The second-order valence-electron chi connectivity index (χ2n) is 4.63. The van der Waals surface area contributed by atoms with E-state index in [1.165, 1.54) is 19.3 Å². The lowest BCUT2D eigenvalue weighted by Gasteiger charge is -2.26. The van der Waals surface area contributed by atoms with E-state index in [9.17, 15) is 0 Å². The second-order valence-corrected chi connectivity index (χ2v) is 5.04. The first kappa shape index (κ1) is 13.2. The van der Waals surface area contributed by atoms with Crippen LogP contribution in [0.2, 0.25) is 5.02 Å². The Kier molecular flexibility index (Phi) is 4.44. The topological polar surface area (TPSA) is 61.9 Å². The first-order valence-corrected chi connectivity index (χ1v) is 6.57. The van der Waals surface area contributed by atoms with Crippen molar-refractivity contribution in [2.45, 2.75) is 25.8 Å². The quantitative estimate of drug-likeness (QED) is 0.383. The minimum Gasteiger partial charge on any atom is -0.409 e. The van der Waals surface area contributed by atoms with E-state index >= 15 is 0 Å². The SMILES string of the molecule is N/C(=N/O)c1ccc(CN2CCCCC2)c(Cl)c1. The highest BCUT2D eigenvalue weighted by molar-refractivity contribution is 6.31. The molecule has 0 saturated carbocycles. The van der Waals surface area contributed by atoms with Gasteiger partial charge in [0.15, 0.2) is 5.84 Å². The highest BCUT2D eigenvalue weighted by Gasteiger charge is 2.12. The highest BCUT2D eigenvalue weighted by Crippen LogP contribution is 2.21. The van der Waals surface area contributed by atoms with Crippen LogP contribution in [0.5, 0.6) is 0 Å². The van der Waals surface area contributed by atoms with Gasteiger partial charge in [0, 0.05) is 17.1 Å². The van der Waals surface area contributed by atoms with Crippen LogP contribution in [0.3, 0.4) is 0 Å². The fourth-order valence-corrected chi connectivity index (χ4v) is 2.49. The Balaban J connectivity index is 2.09. The van der Waals surface area contributed by atoms with Crippen LogP contribution in [0.4, 0.5) is 0 Å². The largest absolute Gasteiger partial charge is 0.409 e. The van der Waals surface area contributed by atoms with E-state index < -0.39 is 0 Å². The van der Waals surface area contributed by atoms with Crippen molar-refractivity contribution in [3.63, 3.8) is 0 Å². The Morgan fingerprint density at radius 1 is 1.33 bits per heavy atom. The summed E-state index contributed by atoms with van der Waals surface area (Å²) in [4.78, 5) is 2.41. The van der Waals surface area contributed by atoms with Crippen LogP contribution in [0.15, 0.2) is 23.4 Å². The molecule has 5 heteroatoms. The average molecular weight is 268 g/mol. The van der Waals surface area contributed by atoms with Crippen molar-refractivity contribution in [2.75, 3.05) is 13.1 Å². The number of oxime groups is 1. The summed E-state index contributed by atoms with van der Waals surface area (Å²) in [7, 11) is 0. The smallest absolute Gasteiger partial charge is 0.170 e. The van der Waals surface area contributed by atoms with Crippen LogP contribution >= 0.6 is 11.6 Å². The zero-order valence-corrected chi connectivity index (χ0v) is 11.0. The number of rotatable bonds is 3. The molecular weight excluding hydrogens is 250 g/mol. The molecule has 1 saturated heterocycles. The molecule has 18 heavy (non-hydrogen) atoms. The molecule has 1 aliphatic rings. The Morgan fingerprint density at radius 3 is 2.67 bits per heavy atom. The van der Waals surface area contributed by atoms with Crippen molar-refractivity contribution in [1.29, 1.82) is 0 Å². The van der Waals surface area contributed by atoms with E-state index in [0.29, 0.717) is 10.6 Å². The van der Waals surface area contributed by atoms with Gasteiger partial charge in [-0.3, -0.25) is 4.90 Å². The molecule has 0 unspecified atom stereocenters. The van der Waals surface area contributed by atoms with Gasteiger partial charge in [-0.05, 0) is 37.6 Å². The summed E-state index contributed by atoms with van der Waals surface area (Å²) < 4.78 is 0. The summed E-state index contributed by atoms with van der Waals surface area (Å²) in [5, 5.41) is 12.3. The second kappa shape index (κ2) is 6.07. The van der Waals surface area contributed by atoms with Gasteiger partial charge in [-0.25, -0.2) is 0 Å². The lowest BCUT2D eigenvalue weighted by atomic mass is 10.1. The molecule has 0 bridgehead atoms. The van der Waals surface area contributed by atoms with E-state index in [4.69, 9.17) is 22.5 Å². The van der Waals surface area contributed by atoms with Gasteiger partial charge in [-0.15, -0.1) is 0 Å². The Hall–Kier alpha value is -1.26. The molecule has 1 aromatic rings. The average Bonchev–Trinajstić information content (AvgIpc) is 2.41. The zero-order chi connectivity index (χ0) is 13.0. The van der Waals surface area contributed by atoms with Gasteiger partial charge in [0.1, 0.15) is 0 Å². The van der Waals surface area contributed by atoms with Gasteiger partial charge in [0.2, 0.25) is 0 Å². The number of nitrogens with two attached hydrogens (primary N) is 1. The van der Waals surface area contributed by atoms with Gasteiger partial charge in [-0.2, -0.15) is 0 Å². The molecule has 1 heterocycles. The van der Waals surface area contributed by atoms with E-state index in [1.807, 2.05) is 12.1 Å². The predicted octanol–water partition coefficient (Wildman–Crippen LogP) is 2.42. The number of hydrogen-bond donors (Lipinski definition) is 2. The maximum absolute atomic E-state index is 8.62. The molecule has 0 atom stereocenters. The third-order valence-electron chi connectivity index (χ3n) is 3.30. The van der Waals surface area contributed by atoms with Crippen molar-refractivity contribution < 1.29 is 5.21 Å². The van der Waals surface area contributed by atoms with Crippen LogP contribution in [0.25, 0.3) is 0 Å². The monoisotopic (exact) mass is 267 g/mol. The molecule has 4 nitrogen and oxygen atoms in total. The molecular formula is C13H18ClN3O. The Labute approximate surface area is 112 Å². The lowest BCUT2D eigenvalue weighted by molar-refractivity contribution is 0.221. The number of hydrogen-bond acceptors (Lipinski definition) is 3. The molecule has 2 rings (SSSR count). The molecule has 1 aromatic carbocycles. The third kappa shape index (κ3) is 3.15. The van der Waals surface area contributed by atoms with E-state index in [0.717, 1.165) is 25.2 Å². The van der Waals surface area contributed by atoms with Crippen LogP contribution in [-0.2, 0) is 6.54 Å². The molecule has 0 aromatic heterocycles. The fourth-order valence-electron chi connectivity index (χ4n) is 2.25. The van der Waals surface area contributed by atoms with Gasteiger partial charge >= 0.3 is 0 Å². The molecule has 0 amide bonds. The summed E-state index contributed by atoms with van der Waals surface area (Å²) in [5.74, 6) is 0.0847. The fraction of sp³-hybridized carbons (Fsp3) is 0.462. The minimum absolute atomic E-state index is 0.0847. The summed E-state index contributed by atoms with van der Waals surface area (Å²) >= 11 is 6.23. The molecule has 0 spiro atoms. The molecule has 0 aliphatic carbocycles. The van der Waals surface area contributed by atoms with Gasteiger partial charge in [0.05, 0.1) is 0 Å². The molecule has 3 N–H and O–H groups in total. The maximum Gasteiger partial charge on any atom is 0.170 e. The number of piperidine rings is 1.